The van der Waals surface area contributed by atoms with E-state index in [9.17, 15) is 4.57 Å². The first-order valence-electron chi connectivity index (χ1n) is 11.5. The molecule has 6 nitrogen and oxygen atoms in total. The Kier molecular flexibility index (Phi) is 7.09. The lowest BCUT2D eigenvalue weighted by molar-refractivity contribution is 0.153. The Balaban J connectivity index is 1.34. The predicted octanol–water partition coefficient (Wildman–Crippen LogP) is 4.51. The van der Waals surface area contributed by atoms with Crippen LogP contribution in [0.25, 0.3) is 0 Å². The summed E-state index contributed by atoms with van der Waals surface area (Å²) >= 11 is 0. The molecule has 0 bridgehead atoms. The van der Waals surface area contributed by atoms with Gasteiger partial charge in [-0.2, -0.15) is 0 Å². The van der Waals surface area contributed by atoms with E-state index < -0.39 is 13.4 Å². The second kappa shape index (κ2) is 9.66. The fourth-order valence-corrected chi connectivity index (χ4v) is 5.76. The van der Waals surface area contributed by atoms with Crippen molar-refractivity contribution in [1.29, 1.82) is 0 Å². The minimum Gasteiger partial charge on any atom is -0.497 e. The van der Waals surface area contributed by atoms with Gasteiger partial charge in [-0.05, 0) is 97.6 Å². The molecule has 2 aromatic rings. The second-order valence-corrected chi connectivity index (χ2v) is 10.8. The number of hydrogen-bond acceptors (Lipinski definition) is 4. The van der Waals surface area contributed by atoms with Crippen LogP contribution in [0.2, 0.25) is 0 Å². The molecule has 0 amide bonds. The maximum Gasteiger partial charge on any atom is 0.469 e. The predicted molar refractivity (Wildman–Crippen MR) is 125 cm³/mol. The van der Waals surface area contributed by atoms with E-state index in [1.165, 1.54) is 35.1 Å². The van der Waals surface area contributed by atoms with Gasteiger partial charge in [0.25, 0.3) is 0 Å². The van der Waals surface area contributed by atoms with Crippen LogP contribution in [-0.2, 0) is 28.4 Å². The number of phosphoric acid groups is 1. The van der Waals surface area contributed by atoms with Gasteiger partial charge in [0.15, 0.2) is 0 Å². The van der Waals surface area contributed by atoms with Gasteiger partial charge >= 0.3 is 7.82 Å². The van der Waals surface area contributed by atoms with Crippen molar-refractivity contribution in [3.63, 3.8) is 0 Å². The molecule has 4 N–H and O–H groups in total. The molecule has 0 spiro atoms. The SMILES string of the molecule is COc1cccc(CC[C@@H]2CCc3cc([C@@H]4CC[C@](N)(COP(=O)(O)O)C4)ccc3C2)c1. The zero-order chi connectivity index (χ0) is 22.8. The van der Waals surface area contributed by atoms with E-state index in [-0.39, 0.29) is 6.61 Å². The molecule has 174 valence electrons. The highest BCUT2D eigenvalue weighted by Gasteiger charge is 2.38. The molecule has 32 heavy (non-hydrogen) atoms. The van der Waals surface area contributed by atoms with E-state index >= 15 is 0 Å². The lowest BCUT2D eigenvalue weighted by atomic mass is 9.79. The van der Waals surface area contributed by atoms with Gasteiger partial charge in [0, 0.05) is 5.54 Å². The summed E-state index contributed by atoms with van der Waals surface area (Å²) in [6.07, 6.45) is 8.02. The molecule has 0 heterocycles. The lowest BCUT2D eigenvalue weighted by Gasteiger charge is -2.27. The van der Waals surface area contributed by atoms with E-state index in [0.717, 1.165) is 31.4 Å². The molecule has 7 heteroatoms. The summed E-state index contributed by atoms with van der Waals surface area (Å²) in [7, 11) is -2.78. The molecule has 2 aliphatic rings. The molecule has 1 fully saturated rings. The fraction of sp³-hybridized carbons (Fsp3) is 0.520. The fourth-order valence-electron chi connectivity index (χ4n) is 5.33. The molecule has 0 unspecified atom stereocenters. The minimum absolute atomic E-state index is 0.103. The Morgan fingerprint density at radius 2 is 2.00 bits per heavy atom. The van der Waals surface area contributed by atoms with E-state index in [1.54, 1.807) is 7.11 Å². The van der Waals surface area contributed by atoms with Crippen LogP contribution >= 0.6 is 7.82 Å². The Labute approximate surface area is 190 Å². The molecule has 0 aromatic heterocycles. The lowest BCUT2D eigenvalue weighted by Crippen LogP contribution is -2.41. The maximum atomic E-state index is 11.0. The van der Waals surface area contributed by atoms with Gasteiger partial charge in [0.2, 0.25) is 0 Å². The molecular formula is C25H34NO5P. The third kappa shape index (κ3) is 6.00. The first kappa shape index (κ1) is 23.5. The first-order valence-corrected chi connectivity index (χ1v) is 13.0. The number of phosphoric ester groups is 1. The zero-order valence-corrected chi connectivity index (χ0v) is 19.6. The molecule has 0 saturated heterocycles. The molecule has 0 aliphatic heterocycles. The number of benzene rings is 2. The van der Waals surface area contributed by atoms with Crippen molar-refractivity contribution in [1.82, 2.24) is 0 Å². The van der Waals surface area contributed by atoms with Crippen LogP contribution in [0.3, 0.4) is 0 Å². The van der Waals surface area contributed by atoms with Crippen molar-refractivity contribution in [3.8, 4) is 5.75 Å². The standard InChI is InChI=1S/C25H34NO5P/c1-30-24-4-2-3-18(14-24)5-6-19-7-8-21-15-22(10-9-20(21)13-19)23-11-12-25(26,16-23)17-31-32(27,28)29/h2-4,9-10,14-15,19,23H,5-8,11-13,16-17,26H2,1H3,(H2,27,28,29)/t19-,23-,25-/m1/s1. The van der Waals surface area contributed by atoms with Crippen LogP contribution in [0.1, 0.15) is 60.3 Å². The van der Waals surface area contributed by atoms with Gasteiger partial charge in [-0.1, -0.05) is 30.3 Å². The molecule has 4 rings (SSSR count). The number of methoxy groups -OCH3 is 1. The van der Waals surface area contributed by atoms with Crippen LogP contribution in [0.5, 0.6) is 5.75 Å². The molecule has 0 radical (unpaired) electrons. The highest BCUT2D eigenvalue weighted by molar-refractivity contribution is 7.46. The quantitative estimate of drug-likeness (QED) is 0.502. The van der Waals surface area contributed by atoms with Gasteiger partial charge in [0.1, 0.15) is 5.75 Å². The number of rotatable bonds is 8. The number of fused-ring (bicyclic) bond motifs is 1. The second-order valence-electron chi connectivity index (χ2n) is 9.59. The third-order valence-corrected chi connectivity index (χ3v) is 7.64. The molecule has 2 aromatic carbocycles. The monoisotopic (exact) mass is 459 g/mol. The van der Waals surface area contributed by atoms with Gasteiger partial charge in [0.05, 0.1) is 13.7 Å². The largest absolute Gasteiger partial charge is 0.497 e. The van der Waals surface area contributed by atoms with Crippen LogP contribution in [-0.4, -0.2) is 29.0 Å². The number of nitrogens with two attached hydrogens (primary N) is 1. The Hall–Kier alpha value is -1.69. The van der Waals surface area contributed by atoms with Gasteiger partial charge in [-0.15, -0.1) is 0 Å². The van der Waals surface area contributed by atoms with E-state index in [1.807, 2.05) is 6.07 Å². The highest BCUT2D eigenvalue weighted by Crippen LogP contribution is 2.44. The van der Waals surface area contributed by atoms with Crippen molar-refractivity contribution in [2.75, 3.05) is 13.7 Å². The average molecular weight is 460 g/mol. The summed E-state index contributed by atoms with van der Waals surface area (Å²) in [4.78, 5) is 18.0. The molecule has 2 aliphatic carbocycles. The smallest absolute Gasteiger partial charge is 0.469 e. The zero-order valence-electron chi connectivity index (χ0n) is 18.7. The van der Waals surface area contributed by atoms with Crippen LogP contribution in [0, 0.1) is 5.92 Å². The van der Waals surface area contributed by atoms with Crippen molar-refractivity contribution in [3.05, 3.63) is 64.7 Å². The van der Waals surface area contributed by atoms with E-state index in [0.29, 0.717) is 24.7 Å². The third-order valence-electron chi connectivity index (χ3n) is 7.17. The van der Waals surface area contributed by atoms with Crippen molar-refractivity contribution in [2.45, 2.75) is 62.8 Å². The Morgan fingerprint density at radius 1 is 1.16 bits per heavy atom. The molecule has 1 saturated carbocycles. The summed E-state index contributed by atoms with van der Waals surface area (Å²) in [5.41, 5.74) is 11.2. The average Bonchev–Trinajstić information content (AvgIpc) is 3.18. The van der Waals surface area contributed by atoms with Crippen LogP contribution in [0.4, 0.5) is 0 Å². The number of ether oxygens (including phenoxy) is 1. The summed E-state index contributed by atoms with van der Waals surface area (Å²) < 4.78 is 21.1. The van der Waals surface area contributed by atoms with E-state index in [4.69, 9.17) is 24.8 Å². The summed E-state index contributed by atoms with van der Waals surface area (Å²) in [5, 5.41) is 0. The minimum atomic E-state index is -4.49. The summed E-state index contributed by atoms with van der Waals surface area (Å²) in [5.74, 6) is 1.94. The summed E-state index contributed by atoms with van der Waals surface area (Å²) in [6, 6.07) is 15.2. The normalized spacial score (nSPS) is 25.5. The number of hydrogen-bond donors (Lipinski definition) is 3. The Bertz CT molecular complexity index is 990. The molecule has 3 atom stereocenters. The van der Waals surface area contributed by atoms with Crippen molar-refractivity contribution < 1.29 is 23.6 Å². The number of aryl methyl sites for hydroxylation is 2. The first-order chi connectivity index (χ1) is 15.2. The molecular weight excluding hydrogens is 425 g/mol. The van der Waals surface area contributed by atoms with Crippen LogP contribution in [0.15, 0.2) is 42.5 Å². The highest BCUT2D eigenvalue weighted by atomic mass is 31.2. The van der Waals surface area contributed by atoms with Gasteiger partial charge in [-0.3, -0.25) is 4.52 Å². The van der Waals surface area contributed by atoms with Crippen molar-refractivity contribution in [2.24, 2.45) is 11.7 Å². The maximum absolute atomic E-state index is 11.0. The topological polar surface area (TPSA) is 102 Å². The Morgan fingerprint density at radius 3 is 2.78 bits per heavy atom. The van der Waals surface area contributed by atoms with Crippen molar-refractivity contribution >= 4 is 7.82 Å². The van der Waals surface area contributed by atoms with Crippen LogP contribution < -0.4 is 10.5 Å². The van der Waals surface area contributed by atoms with E-state index in [2.05, 4.69) is 36.4 Å². The van der Waals surface area contributed by atoms with Gasteiger partial charge in [-0.25, -0.2) is 4.57 Å². The van der Waals surface area contributed by atoms with Gasteiger partial charge < -0.3 is 20.3 Å². The summed E-state index contributed by atoms with van der Waals surface area (Å²) in [6.45, 7) is -0.103.